The van der Waals surface area contributed by atoms with Gasteiger partial charge in [0, 0.05) is 10.9 Å². The zero-order valence-electron chi connectivity index (χ0n) is 9.96. The molecular weight excluding hydrogens is 236 g/mol. The summed E-state index contributed by atoms with van der Waals surface area (Å²) in [5.74, 6) is -0.142. The van der Waals surface area contributed by atoms with Gasteiger partial charge in [0.15, 0.2) is 0 Å². The molecule has 1 amide bonds. The Bertz CT molecular complexity index is 451. The Hall–Kier alpha value is -1.53. The Morgan fingerprint density at radius 2 is 2.29 bits per heavy atom. The fraction of sp³-hybridized carbons (Fsp3) is 0.385. The number of hydrogen-bond acceptors (Lipinski definition) is 2. The molecule has 1 N–H and O–H groups in total. The first-order valence-corrected chi connectivity index (χ1v) is 5.96. The number of nitrogens with one attached hydrogen (secondary N) is 1. The van der Waals surface area contributed by atoms with Gasteiger partial charge < -0.3 is 5.32 Å². The van der Waals surface area contributed by atoms with Gasteiger partial charge in [0.2, 0.25) is 5.91 Å². The third kappa shape index (κ3) is 3.76. The van der Waals surface area contributed by atoms with Gasteiger partial charge in [0.05, 0.1) is 11.3 Å². The van der Waals surface area contributed by atoms with Crippen LogP contribution in [0.1, 0.15) is 32.3 Å². The average molecular weight is 251 g/mol. The SMILES string of the molecule is CCC[C@@H](C)C(=O)Nc1cc(Cl)ccc1C#N. The van der Waals surface area contributed by atoms with Crippen LogP contribution in [0.5, 0.6) is 0 Å². The third-order valence-corrected chi connectivity index (χ3v) is 2.76. The van der Waals surface area contributed by atoms with E-state index in [0.29, 0.717) is 16.3 Å². The minimum atomic E-state index is -0.0781. The van der Waals surface area contributed by atoms with Crippen LogP contribution in [-0.4, -0.2) is 5.91 Å². The number of carbonyl (C=O) groups is 1. The molecule has 0 saturated carbocycles. The number of nitriles is 1. The summed E-state index contributed by atoms with van der Waals surface area (Å²) in [6.45, 7) is 3.90. The molecule has 90 valence electrons. The molecule has 0 aliphatic heterocycles. The zero-order chi connectivity index (χ0) is 12.8. The first-order valence-electron chi connectivity index (χ1n) is 5.59. The molecule has 4 heteroatoms. The van der Waals surface area contributed by atoms with Crippen molar-refractivity contribution < 1.29 is 4.79 Å². The van der Waals surface area contributed by atoms with E-state index in [0.717, 1.165) is 12.8 Å². The van der Waals surface area contributed by atoms with Crippen LogP contribution in [0.4, 0.5) is 5.69 Å². The van der Waals surface area contributed by atoms with E-state index in [4.69, 9.17) is 16.9 Å². The van der Waals surface area contributed by atoms with E-state index in [1.54, 1.807) is 18.2 Å². The number of halogens is 1. The van der Waals surface area contributed by atoms with Gasteiger partial charge in [0.25, 0.3) is 0 Å². The van der Waals surface area contributed by atoms with E-state index >= 15 is 0 Å². The lowest BCUT2D eigenvalue weighted by molar-refractivity contribution is -0.119. The van der Waals surface area contributed by atoms with E-state index in [1.165, 1.54) is 0 Å². The van der Waals surface area contributed by atoms with Crippen molar-refractivity contribution in [2.24, 2.45) is 5.92 Å². The third-order valence-electron chi connectivity index (χ3n) is 2.53. The van der Waals surface area contributed by atoms with Gasteiger partial charge in [-0.3, -0.25) is 4.79 Å². The number of rotatable bonds is 4. The monoisotopic (exact) mass is 250 g/mol. The number of carbonyl (C=O) groups excluding carboxylic acids is 1. The molecule has 0 heterocycles. The van der Waals surface area contributed by atoms with Crippen LogP contribution in [0.2, 0.25) is 5.02 Å². The summed E-state index contributed by atoms with van der Waals surface area (Å²) in [5.41, 5.74) is 0.902. The van der Waals surface area contributed by atoms with E-state index in [-0.39, 0.29) is 11.8 Å². The Morgan fingerprint density at radius 3 is 2.88 bits per heavy atom. The lowest BCUT2D eigenvalue weighted by Crippen LogP contribution is -2.20. The molecule has 0 aromatic heterocycles. The van der Waals surface area contributed by atoms with Crippen LogP contribution in [0, 0.1) is 17.2 Å². The number of anilines is 1. The molecule has 0 aliphatic rings. The van der Waals surface area contributed by atoms with Gasteiger partial charge >= 0.3 is 0 Å². The van der Waals surface area contributed by atoms with Gasteiger partial charge in [0.1, 0.15) is 6.07 Å². The van der Waals surface area contributed by atoms with E-state index in [9.17, 15) is 4.79 Å². The maximum Gasteiger partial charge on any atom is 0.227 e. The summed E-state index contributed by atoms with van der Waals surface area (Å²) in [4.78, 5) is 11.8. The second-order valence-electron chi connectivity index (χ2n) is 3.98. The highest BCUT2D eigenvalue weighted by molar-refractivity contribution is 6.31. The predicted molar refractivity (Wildman–Crippen MR) is 68.9 cm³/mol. The lowest BCUT2D eigenvalue weighted by atomic mass is 10.1. The first kappa shape index (κ1) is 13.5. The maximum absolute atomic E-state index is 11.8. The van der Waals surface area contributed by atoms with Crippen molar-refractivity contribution in [1.82, 2.24) is 0 Å². The van der Waals surface area contributed by atoms with E-state index in [2.05, 4.69) is 5.32 Å². The second-order valence-corrected chi connectivity index (χ2v) is 4.42. The molecule has 1 aromatic rings. The Balaban J connectivity index is 2.84. The van der Waals surface area contributed by atoms with Crippen LogP contribution in [0.25, 0.3) is 0 Å². The van der Waals surface area contributed by atoms with Crippen molar-refractivity contribution in [3.8, 4) is 6.07 Å². The summed E-state index contributed by atoms with van der Waals surface area (Å²) in [7, 11) is 0. The van der Waals surface area contributed by atoms with Gasteiger partial charge in [-0.1, -0.05) is 31.9 Å². The van der Waals surface area contributed by atoms with Crippen LogP contribution >= 0.6 is 11.6 Å². The number of nitrogens with zero attached hydrogens (tertiary/aromatic N) is 1. The highest BCUT2D eigenvalue weighted by Crippen LogP contribution is 2.21. The Labute approximate surface area is 106 Å². The molecule has 0 bridgehead atoms. The molecule has 3 nitrogen and oxygen atoms in total. The average Bonchev–Trinajstić information content (AvgIpc) is 2.29. The van der Waals surface area contributed by atoms with Crippen molar-refractivity contribution in [2.75, 3.05) is 5.32 Å². The summed E-state index contributed by atoms with van der Waals surface area (Å²) in [6, 6.07) is 6.85. The van der Waals surface area contributed by atoms with Crippen molar-refractivity contribution in [1.29, 1.82) is 5.26 Å². The van der Waals surface area contributed by atoms with Crippen molar-refractivity contribution in [3.63, 3.8) is 0 Å². The first-order chi connectivity index (χ1) is 8.08. The Kier molecular flexibility index (Phi) is 4.99. The lowest BCUT2D eigenvalue weighted by Gasteiger charge is -2.12. The molecule has 1 rings (SSSR count). The van der Waals surface area contributed by atoms with Gasteiger partial charge in [-0.15, -0.1) is 0 Å². The number of amides is 1. The smallest absolute Gasteiger partial charge is 0.227 e. The minimum absolute atomic E-state index is 0.0643. The van der Waals surface area contributed by atoms with Crippen molar-refractivity contribution >= 4 is 23.2 Å². The molecule has 0 saturated heterocycles. The molecule has 0 aliphatic carbocycles. The fourth-order valence-electron chi connectivity index (χ4n) is 1.54. The van der Waals surface area contributed by atoms with E-state index in [1.807, 2.05) is 19.9 Å². The number of benzene rings is 1. The van der Waals surface area contributed by atoms with Crippen molar-refractivity contribution in [3.05, 3.63) is 28.8 Å². The molecular formula is C13H15ClN2O. The van der Waals surface area contributed by atoms with Crippen molar-refractivity contribution in [2.45, 2.75) is 26.7 Å². The Morgan fingerprint density at radius 1 is 1.59 bits per heavy atom. The molecule has 0 spiro atoms. The van der Waals surface area contributed by atoms with E-state index < -0.39 is 0 Å². The summed E-state index contributed by atoms with van der Waals surface area (Å²) >= 11 is 5.84. The predicted octanol–water partition coefficient (Wildman–Crippen LogP) is 3.59. The number of hydrogen-bond donors (Lipinski definition) is 1. The highest BCUT2D eigenvalue weighted by atomic mass is 35.5. The normalized spacial score (nSPS) is 11.6. The largest absolute Gasteiger partial charge is 0.325 e. The molecule has 0 unspecified atom stereocenters. The molecule has 17 heavy (non-hydrogen) atoms. The minimum Gasteiger partial charge on any atom is -0.325 e. The molecule has 0 radical (unpaired) electrons. The highest BCUT2D eigenvalue weighted by Gasteiger charge is 2.13. The molecule has 1 aromatic carbocycles. The van der Waals surface area contributed by atoms with Crippen LogP contribution in [0.15, 0.2) is 18.2 Å². The molecule has 1 atom stereocenters. The topological polar surface area (TPSA) is 52.9 Å². The van der Waals surface area contributed by atoms with Gasteiger partial charge in [-0.2, -0.15) is 5.26 Å². The second kappa shape index (κ2) is 6.27. The maximum atomic E-state index is 11.8. The summed E-state index contributed by atoms with van der Waals surface area (Å²) in [5, 5.41) is 12.2. The van der Waals surface area contributed by atoms with Gasteiger partial charge in [-0.25, -0.2) is 0 Å². The summed E-state index contributed by atoms with van der Waals surface area (Å²) < 4.78 is 0. The van der Waals surface area contributed by atoms with Crippen LogP contribution in [-0.2, 0) is 4.79 Å². The summed E-state index contributed by atoms with van der Waals surface area (Å²) in [6.07, 6.45) is 1.78. The standard InChI is InChI=1S/C13H15ClN2O/c1-3-4-9(2)13(17)16-12-7-11(14)6-5-10(12)8-15/h5-7,9H,3-4H2,1-2H3,(H,16,17)/t9-/m1/s1. The van der Waals surface area contributed by atoms with Crippen LogP contribution in [0.3, 0.4) is 0 Å². The van der Waals surface area contributed by atoms with Gasteiger partial charge in [-0.05, 0) is 24.6 Å². The van der Waals surface area contributed by atoms with Crippen LogP contribution < -0.4 is 5.32 Å². The quantitative estimate of drug-likeness (QED) is 0.888. The fourth-order valence-corrected chi connectivity index (χ4v) is 1.71. The zero-order valence-corrected chi connectivity index (χ0v) is 10.7. The molecule has 0 fully saturated rings.